The topological polar surface area (TPSA) is 30.2 Å². The summed E-state index contributed by atoms with van der Waals surface area (Å²) in [6.45, 7) is 0. The Labute approximate surface area is 152 Å². The van der Waals surface area contributed by atoms with Gasteiger partial charge in [-0.25, -0.2) is 0 Å². The van der Waals surface area contributed by atoms with Gasteiger partial charge in [0.05, 0.1) is 10.9 Å². The van der Waals surface area contributed by atoms with Crippen molar-refractivity contribution in [3.05, 3.63) is 94.6 Å². The van der Waals surface area contributed by atoms with Gasteiger partial charge in [0.25, 0.3) is 0 Å². The van der Waals surface area contributed by atoms with E-state index in [1.807, 2.05) is 30.3 Å². The first kappa shape index (κ1) is 17.1. The van der Waals surface area contributed by atoms with E-state index in [9.17, 15) is 18.0 Å². The average Bonchev–Trinajstić information content (AvgIpc) is 2.67. The second kappa shape index (κ2) is 6.43. The summed E-state index contributed by atoms with van der Waals surface area (Å²) in [6.07, 6.45) is -4.38. The van der Waals surface area contributed by atoms with Gasteiger partial charge in [-0.15, -0.1) is 0 Å². The summed E-state index contributed by atoms with van der Waals surface area (Å²) in [5, 5.41) is 0.422. The fourth-order valence-electron chi connectivity index (χ4n) is 2.93. The molecule has 5 heteroatoms. The molecular weight excluding hydrogens is 353 g/mol. The summed E-state index contributed by atoms with van der Waals surface area (Å²) in [7, 11) is 0. The Morgan fingerprint density at radius 3 is 2.04 bits per heavy atom. The molecule has 0 atom stereocenters. The molecule has 4 aromatic rings. The third-order valence-corrected chi connectivity index (χ3v) is 4.33. The van der Waals surface area contributed by atoms with E-state index in [0.29, 0.717) is 27.9 Å². The molecule has 0 aliphatic heterocycles. The number of hydrogen-bond acceptors (Lipinski definition) is 2. The lowest BCUT2D eigenvalue weighted by atomic mass is 10.0. The summed E-state index contributed by atoms with van der Waals surface area (Å²) in [6, 6.07) is 20.6. The predicted octanol–water partition coefficient (Wildman–Crippen LogP) is 6.15. The summed E-state index contributed by atoms with van der Waals surface area (Å²) in [5.41, 5.74) is 1.57. The van der Waals surface area contributed by atoms with Crippen molar-refractivity contribution < 1.29 is 17.6 Å². The molecule has 2 nitrogen and oxygen atoms in total. The zero-order valence-electron chi connectivity index (χ0n) is 14.0. The first-order valence-corrected chi connectivity index (χ1v) is 8.23. The third kappa shape index (κ3) is 3.36. The van der Waals surface area contributed by atoms with Crippen LogP contribution in [0.4, 0.5) is 13.2 Å². The van der Waals surface area contributed by atoms with Crippen LogP contribution in [0.1, 0.15) is 5.56 Å². The molecule has 0 saturated heterocycles. The number of hydrogen-bond donors (Lipinski definition) is 0. The second-order valence-corrected chi connectivity index (χ2v) is 6.13. The van der Waals surface area contributed by atoms with Gasteiger partial charge in [0.2, 0.25) is 0 Å². The van der Waals surface area contributed by atoms with Gasteiger partial charge in [0.1, 0.15) is 11.3 Å². The standard InChI is InChI=1S/C22H13F3O2/c23-22(24,25)17-9-6-14(7-10-17)16-8-11-18-19(26)13-20(27-21(18)12-16)15-4-2-1-3-5-15/h1-13H. The lowest BCUT2D eigenvalue weighted by Crippen LogP contribution is -2.04. The highest BCUT2D eigenvalue weighted by molar-refractivity contribution is 5.84. The minimum Gasteiger partial charge on any atom is -0.456 e. The molecule has 0 saturated carbocycles. The van der Waals surface area contributed by atoms with Crippen molar-refractivity contribution in [2.75, 3.05) is 0 Å². The van der Waals surface area contributed by atoms with Crippen LogP contribution in [-0.4, -0.2) is 0 Å². The van der Waals surface area contributed by atoms with Gasteiger partial charge < -0.3 is 4.42 Å². The molecule has 0 amide bonds. The van der Waals surface area contributed by atoms with Crippen LogP contribution in [0.2, 0.25) is 0 Å². The molecule has 0 radical (unpaired) electrons. The van der Waals surface area contributed by atoms with E-state index in [1.165, 1.54) is 18.2 Å². The van der Waals surface area contributed by atoms with Gasteiger partial charge in [-0.3, -0.25) is 4.79 Å². The van der Waals surface area contributed by atoms with Crippen LogP contribution in [0, 0.1) is 0 Å². The summed E-state index contributed by atoms with van der Waals surface area (Å²) in [5.74, 6) is 0.442. The molecule has 27 heavy (non-hydrogen) atoms. The van der Waals surface area contributed by atoms with Crippen LogP contribution in [0.25, 0.3) is 33.4 Å². The number of halogens is 3. The van der Waals surface area contributed by atoms with E-state index in [4.69, 9.17) is 4.42 Å². The zero-order valence-corrected chi connectivity index (χ0v) is 14.0. The maximum Gasteiger partial charge on any atom is 0.416 e. The molecule has 0 spiro atoms. The van der Waals surface area contributed by atoms with E-state index in [0.717, 1.165) is 17.7 Å². The lowest BCUT2D eigenvalue weighted by Gasteiger charge is -2.09. The van der Waals surface area contributed by atoms with Crippen LogP contribution in [0.15, 0.2) is 88.1 Å². The second-order valence-electron chi connectivity index (χ2n) is 6.13. The summed E-state index contributed by atoms with van der Waals surface area (Å²) >= 11 is 0. The normalized spacial score (nSPS) is 11.7. The molecule has 0 aliphatic rings. The predicted molar refractivity (Wildman–Crippen MR) is 98.4 cm³/mol. The molecule has 3 aromatic carbocycles. The van der Waals surface area contributed by atoms with Gasteiger partial charge >= 0.3 is 6.18 Å². The molecule has 0 N–H and O–H groups in total. The lowest BCUT2D eigenvalue weighted by molar-refractivity contribution is -0.137. The number of alkyl halides is 3. The molecular formula is C22H13F3O2. The van der Waals surface area contributed by atoms with E-state index in [-0.39, 0.29) is 5.43 Å². The van der Waals surface area contributed by atoms with Crippen molar-refractivity contribution in [3.63, 3.8) is 0 Å². The first-order chi connectivity index (χ1) is 12.9. The maximum atomic E-state index is 12.7. The van der Waals surface area contributed by atoms with Crippen LogP contribution < -0.4 is 5.43 Å². The molecule has 1 aromatic heterocycles. The Morgan fingerprint density at radius 2 is 1.37 bits per heavy atom. The summed E-state index contributed by atoms with van der Waals surface area (Å²) < 4.78 is 44.1. The summed E-state index contributed by atoms with van der Waals surface area (Å²) in [4.78, 5) is 12.4. The zero-order chi connectivity index (χ0) is 19.0. The van der Waals surface area contributed by atoms with E-state index >= 15 is 0 Å². The highest BCUT2D eigenvalue weighted by atomic mass is 19.4. The largest absolute Gasteiger partial charge is 0.456 e. The minimum absolute atomic E-state index is 0.172. The van der Waals surface area contributed by atoms with Crippen molar-refractivity contribution in [3.8, 4) is 22.5 Å². The minimum atomic E-state index is -4.38. The van der Waals surface area contributed by atoms with Gasteiger partial charge in [-0.2, -0.15) is 13.2 Å². The van der Waals surface area contributed by atoms with Crippen molar-refractivity contribution in [2.45, 2.75) is 6.18 Å². The number of fused-ring (bicyclic) bond motifs is 1. The molecule has 0 fully saturated rings. The monoisotopic (exact) mass is 366 g/mol. The van der Waals surface area contributed by atoms with Crippen LogP contribution in [-0.2, 0) is 6.18 Å². The Bertz CT molecular complexity index is 1160. The Morgan fingerprint density at radius 1 is 0.704 bits per heavy atom. The average molecular weight is 366 g/mol. The van der Waals surface area contributed by atoms with Crippen molar-refractivity contribution in [2.24, 2.45) is 0 Å². The fourth-order valence-corrected chi connectivity index (χ4v) is 2.93. The Kier molecular flexibility index (Phi) is 4.07. The maximum absolute atomic E-state index is 12.7. The number of benzene rings is 3. The van der Waals surface area contributed by atoms with Crippen LogP contribution in [0.5, 0.6) is 0 Å². The Hall–Kier alpha value is -3.34. The Balaban J connectivity index is 1.81. The third-order valence-electron chi connectivity index (χ3n) is 4.33. The molecule has 4 rings (SSSR count). The highest BCUT2D eigenvalue weighted by Crippen LogP contribution is 2.32. The fraction of sp³-hybridized carbons (Fsp3) is 0.0455. The van der Waals surface area contributed by atoms with Gasteiger partial charge in [0, 0.05) is 11.6 Å². The molecule has 134 valence electrons. The molecule has 0 bridgehead atoms. The van der Waals surface area contributed by atoms with Crippen LogP contribution >= 0.6 is 0 Å². The van der Waals surface area contributed by atoms with Gasteiger partial charge in [0.15, 0.2) is 5.43 Å². The van der Waals surface area contributed by atoms with E-state index in [2.05, 4.69) is 0 Å². The quantitative estimate of drug-likeness (QED) is 0.426. The number of rotatable bonds is 2. The van der Waals surface area contributed by atoms with Crippen molar-refractivity contribution >= 4 is 11.0 Å². The van der Waals surface area contributed by atoms with Gasteiger partial charge in [-0.05, 0) is 35.4 Å². The molecule has 0 aliphatic carbocycles. The van der Waals surface area contributed by atoms with Crippen molar-refractivity contribution in [1.29, 1.82) is 0 Å². The highest BCUT2D eigenvalue weighted by Gasteiger charge is 2.29. The molecule has 1 heterocycles. The molecule has 0 unspecified atom stereocenters. The van der Waals surface area contributed by atoms with Gasteiger partial charge in [-0.1, -0.05) is 48.5 Å². The SMILES string of the molecule is O=c1cc(-c2ccccc2)oc2cc(-c3ccc(C(F)(F)F)cc3)ccc12. The van der Waals surface area contributed by atoms with E-state index < -0.39 is 11.7 Å². The first-order valence-electron chi connectivity index (χ1n) is 8.23. The van der Waals surface area contributed by atoms with Crippen molar-refractivity contribution in [1.82, 2.24) is 0 Å². The smallest absolute Gasteiger partial charge is 0.416 e. The van der Waals surface area contributed by atoms with E-state index in [1.54, 1.807) is 18.2 Å². The van der Waals surface area contributed by atoms with Crippen LogP contribution in [0.3, 0.4) is 0 Å².